The van der Waals surface area contributed by atoms with E-state index < -0.39 is 49.5 Å². The summed E-state index contributed by atoms with van der Waals surface area (Å²) in [5, 5.41) is 54.4. The van der Waals surface area contributed by atoms with E-state index in [4.69, 9.17) is 9.47 Å². The van der Waals surface area contributed by atoms with Crippen molar-refractivity contribution < 1.29 is 39.8 Å². The fourth-order valence-electron chi connectivity index (χ4n) is 8.19. The average Bonchev–Trinajstić information content (AvgIpc) is 3.29. The third kappa shape index (κ3) is 34.2. The van der Waals surface area contributed by atoms with Gasteiger partial charge in [-0.2, -0.15) is 0 Å². The summed E-state index contributed by atoms with van der Waals surface area (Å²) >= 11 is 0. The van der Waals surface area contributed by atoms with Crippen LogP contribution in [0.1, 0.15) is 226 Å². The van der Waals surface area contributed by atoms with Crippen LogP contribution >= 0.6 is 0 Å². The Labute approximate surface area is 392 Å². The molecule has 0 aromatic carbocycles. The predicted octanol–water partition coefficient (Wildman–Crippen LogP) is 12.3. The highest BCUT2D eigenvalue weighted by molar-refractivity contribution is 5.76. The number of ether oxygens (including phenoxy) is 2. The van der Waals surface area contributed by atoms with Crippen LogP contribution in [0.5, 0.6) is 0 Å². The van der Waals surface area contributed by atoms with E-state index in [2.05, 4.69) is 79.9 Å². The number of amides is 1. The van der Waals surface area contributed by atoms with Crippen molar-refractivity contribution in [3.63, 3.8) is 0 Å². The zero-order valence-electron chi connectivity index (χ0n) is 41.0. The van der Waals surface area contributed by atoms with Gasteiger partial charge in [0.2, 0.25) is 5.91 Å². The molecular formula is C55H99NO8. The quantitative estimate of drug-likeness (QED) is 0.0262. The summed E-state index contributed by atoms with van der Waals surface area (Å²) in [4.78, 5) is 13.0. The molecule has 0 saturated carbocycles. The number of allylic oxidation sites excluding steroid dienone is 10. The summed E-state index contributed by atoms with van der Waals surface area (Å²) in [6.45, 7) is 3.71. The second kappa shape index (κ2) is 44.7. The Kier molecular flexibility index (Phi) is 41.9. The van der Waals surface area contributed by atoms with Gasteiger partial charge in [-0.05, 0) is 57.8 Å². The summed E-state index contributed by atoms with van der Waals surface area (Å²) < 4.78 is 11.3. The summed E-state index contributed by atoms with van der Waals surface area (Å²) in [6, 6.07) is -0.720. The zero-order valence-corrected chi connectivity index (χ0v) is 41.0. The molecule has 372 valence electrons. The number of hydrogen-bond acceptors (Lipinski definition) is 8. The molecule has 7 unspecified atom stereocenters. The van der Waals surface area contributed by atoms with E-state index in [9.17, 15) is 30.3 Å². The lowest BCUT2D eigenvalue weighted by molar-refractivity contribution is -0.302. The van der Waals surface area contributed by atoms with Crippen molar-refractivity contribution in [1.29, 1.82) is 0 Å². The number of carbonyl (C=O) groups excluding carboxylic acids is 1. The second-order valence-corrected chi connectivity index (χ2v) is 18.3. The van der Waals surface area contributed by atoms with Gasteiger partial charge in [0.1, 0.15) is 24.4 Å². The van der Waals surface area contributed by atoms with Gasteiger partial charge in [-0.1, -0.05) is 222 Å². The minimum absolute atomic E-state index is 0.139. The van der Waals surface area contributed by atoms with E-state index in [1.165, 1.54) is 128 Å². The molecule has 9 heteroatoms. The van der Waals surface area contributed by atoms with Crippen LogP contribution in [-0.4, -0.2) is 87.5 Å². The summed E-state index contributed by atoms with van der Waals surface area (Å²) in [6.07, 6.45) is 52.4. The molecule has 1 heterocycles. The molecule has 7 atom stereocenters. The van der Waals surface area contributed by atoms with E-state index in [1.807, 2.05) is 0 Å². The molecule has 1 saturated heterocycles. The first-order valence-electron chi connectivity index (χ1n) is 26.5. The van der Waals surface area contributed by atoms with E-state index in [-0.39, 0.29) is 12.5 Å². The molecule has 1 fully saturated rings. The van der Waals surface area contributed by atoms with E-state index in [0.717, 1.165) is 70.6 Å². The van der Waals surface area contributed by atoms with Crippen LogP contribution in [0.2, 0.25) is 0 Å². The lowest BCUT2D eigenvalue weighted by Gasteiger charge is -2.40. The van der Waals surface area contributed by atoms with Gasteiger partial charge in [0.05, 0.1) is 25.4 Å². The summed E-state index contributed by atoms with van der Waals surface area (Å²) in [5.74, 6) is -0.148. The highest BCUT2D eigenvalue weighted by Crippen LogP contribution is 2.23. The Balaban J connectivity index is 2.17. The minimum atomic E-state index is -1.55. The van der Waals surface area contributed by atoms with Crippen molar-refractivity contribution in [2.45, 2.75) is 269 Å². The van der Waals surface area contributed by atoms with Gasteiger partial charge >= 0.3 is 0 Å². The molecule has 1 aliphatic rings. The molecule has 0 spiro atoms. The minimum Gasteiger partial charge on any atom is -0.394 e. The molecule has 0 aliphatic carbocycles. The first kappa shape index (κ1) is 59.9. The Morgan fingerprint density at radius 3 is 1.44 bits per heavy atom. The second-order valence-electron chi connectivity index (χ2n) is 18.3. The fourth-order valence-corrected chi connectivity index (χ4v) is 8.19. The van der Waals surface area contributed by atoms with Crippen molar-refractivity contribution in [2.75, 3.05) is 13.2 Å². The van der Waals surface area contributed by atoms with Crippen LogP contribution in [0.25, 0.3) is 0 Å². The highest BCUT2D eigenvalue weighted by Gasteiger charge is 2.44. The molecule has 1 rings (SSSR count). The lowest BCUT2D eigenvalue weighted by Crippen LogP contribution is -2.60. The lowest BCUT2D eigenvalue weighted by atomic mass is 9.99. The van der Waals surface area contributed by atoms with E-state index in [0.29, 0.717) is 12.8 Å². The van der Waals surface area contributed by atoms with Gasteiger partial charge in [-0.15, -0.1) is 0 Å². The van der Waals surface area contributed by atoms with Crippen LogP contribution in [0.4, 0.5) is 0 Å². The zero-order chi connectivity index (χ0) is 46.6. The SMILES string of the molecule is CC/C=C\C/C=C\C/C=C\C/C=C\C/C=C\CCCCCCCCCCCCCCCC(=O)NC(COC1OC(CO)C(O)C(O)C1O)C(O)CCCCCCCCCCCCCC. The number of unbranched alkanes of at least 4 members (excludes halogenated alkanes) is 24. The van der Waals surface area contributed by atoms with Gasteiger partial charge in [0.25, 0.3) is 0 Å². The Hall–Kier alpha value is -2.11. The molecule has 0 radical (unpaired) electrons. The molecule has 6 N–H and O–H groups in total. The number of aliphatic hydroxyl groups is 5. The van der Waals surface area contributed by atoms with Crippen molar-refractivity contribution >= 4 is 5.91 Å². The van der Waals surface area contributed by atoms with E-state index >= 15 is 0 Å². The Morgan fingerprint density at radius 2 is 0.969 bits per heavy atom. The van der Waals surface area contributed by atoms with Crippen molar-refractivity contribution in [3.05, 3.63) is 60.8 Å². The van der Waals surface area contributed by atoms with Crippen LogP contribution < -0.4 is 5.32 Å². The Morgan fingerprint density at radius 1 is 0.547 bits per heavy atom. The number of hydrogen-bond donors (Lipinski definition) is 6. The van der Waals surface area contributed by atoms with Crippen LogP contribution in [-0.2, 0) is 14.3 Å². The van der Waals surface area contributed by atoms with Gasteiger partial charge < -0.3 is 40.3 Å². The molecule has 0 bridgehead atoms. The van der Waals surface area contributed by atoms with Gasteiger partial charge in [-0.25, -0.2) is 0 Å². The predicted molar refractivity (Wildman–Crippen MR) is 267 cm³/mol. The first-order chi connectivity index (χ1) is 31.3. The molecule has 0 aromatic heterocycles. The maximum absolute atomic E-state index is 13.0. The highest BCUT2D eigenvalue weighted by atomic mass is 16.7. The monoisotopic (exact) mass is 902 g/mol. The standard InChI is InChI=1S/C55H99NO8/c1-3-5-7-9-11-13-15-17-18-19-20-21-22-23-24-25-26-27-28-29-30-31-32-33-35-37-39-41-43-45-51(59)56-48(47-63-55-54(62)53(61)52(60)50(46-57)64-55)49(58)44-42-40-38-36-34-16-14-12-10-8-6-4-2/h5,7,11,13,17-18,20-21,23-24,48-50,52-55,57-58,60-62H,3-4,6,8-10,12,14-16,19,22,25-47H2,1-2H3,(H,56,59)/b7-5-,13-11-,18-17-,21-20-,24-23-. The number of carbonyl (C=O) groups is 1. The largest absolute Gasteiger partial charge is 0.394 e. The van der Waals surface area contributed by atoms with Crippen molar-refractivity contribution in [3.8, 4) is 0 Å². The van der Waals surface area contributed by atoms with Crippen LogP contribution in [0.15, 0.2) is 60.8 Å². The normalized spacial score (nSPS) is 20.5. The van der Waals surface area contributed by atoms with Crippen LogP contribution in [0.3, 0.4) is 0 Å². The molecule has 1 amide bonds. The maximum atomic E-state index is 13.0. The van der Waals surface area contributed by atoms with Gasteiger partial charge in [0.15, 0.2) is 6.29 Å². The van der Waals surface area contributed by atoms with Crippen molar-refractivity contribution in [2.24, 2.45) is 0 Å². The molecule has 64 heavy (non-hydrogen) atoms. The molecule has 1 aliphatic heterocycles. The topological polar surface area (TPSA) is 149 Å². The summed E-state index contributed by atoms with van der Waals surface area (Å²) in [7, 11) is 0. The van der Waals surface area contributed by atoms with E-state index in [1.54, 1.807) is 0 Å². The number of rotatable bonds is 44. The smallest absolute Gasteiger partial charge is 0.220 e. The third-order valence-corrected chi connectivity index (χ3v) is 12.4. The number of aliphatic hydroxyl groups excluding tert-OH is 5. The Bertz CT molecular complexity index is 1180. The van der Waals surface area contributed by atoms with Crippen molar-refractivity contribution in [1.82, 2.24) is 5.32 Å². The maximum Gasteiger partial charge on any atom is 0.220 e. The molecule has 0 aromatic rings. The third-order valence-electron chi connectivity index (χ3n) is 12.4. The average molecular weight is 902 g/mol. The van der Waals surface area contributed by atoms with Gasteiger partial charge in [0, 0.05) is 6.42 Å². The first-order valence-corrected chi connectivity index (χ1v) is 26.5. The summed E-state index contributed by atoms with van der Waals surface area (Å²) in [5.41, 5.74) is 0. The fraction of sp³-hybridized carbons (Fsp3) is 0.800. The molecular weight excluding hydrogens is 803 g/mol. The van der Waals surface area contributed by atoms with Gasteiger partial charge in [-0.3, -0.25) is 4.79 Å². The number of nitrogens with one attached hydrogen (secondary N) is 1. The molecule has 9 nitrogen and oxygen atoms in total. The van der Waals surface area contributed by atoms with Crippen LogP contribution in [0, 0.1) is 0 Å².